The zero-order valence-corrected chi connectivity index (χ0v) is 13.6. The van der Waals surface area contributed by atoms with Crippen LogP contribution in [0, 0.1) is 0 Å². The van der Waals surface area contributed by atoms with Gasteiger partial charge in [0.2, 0.25) is 5.56 Å². The van der Waals surface area contributed by atoms with E-state index in [1.807, 2.05) is 18.2 Å². The van der Waals surface area contributed by atoms with Gasteiger partial charge in [-0.2, -0.15) is 0 Å². The molecule has 0 bridgehead atoms. The number of nitrogens with one attached hydrogen (secondary N) is 2. The van der Waals surface area contributed by atoms with Crippen LogP contribution in [0.3, 0.4) is 0 Å². The van der Waals surface area contributed by atoms with Crippen molar-refractivity contribution in [3.63, 3.8) is 0 Å². The molecule has 0 saturated carbocycles. The number of hydrogen-bond acceptors (Lipinski definition) is 3. The molecule has 1 aliphatic heterocycles. The highest BCUT2D eigenvalue weighted by atomic mass is 79.9. The van der Waals surface area contributed by atoms with Gasteiger partial charge < -0.3 is 15.2 Å². The normalized spacial score (nSPS) is 14.8. The standard InChI is InChI=1S/C14H14BrN3O2.ClH/c15-11-3-1-2-9-10(8-12(19)17-13(9)11)14(20)18-6-4-16-5-7-18;/h1-3,8,16H,4-7H2,(H,17,19);1H. The minimum absolute atomic E-state index is 0. The largest absolute Gasteiger partial charge is 0.336 e. The van der Waals surface area contributed by atoms with Gasteiger partial charge in [0.05, 0.1) is 11.1 Å². The average molecular weight is 373 g/mol. The van der Waals surface area contributed by atoms with Gasteiger partial charge in [-0.3, -0.25) is 9.59 Å². The molecule has 1 saturated heterocycles. The molecule has 1 aliphatic rings. The highest BCUT2D eigenvalue weighted by Gasteiger charge is 2.20. The summed E-state index contributed by atoms with van der Waals surface area (Å²) in [5.41, 5.74) is 0.869. The summed E-state index contributed by atoms with van der Waals surface area (Å²) in [4.78, 5) is 28.9. The van der Waals surface area contributed by atoms with Crippen LogP contribution < -0.4 is 10.9 Å². The zero-order valence-electron chi connectivity index (χ0n) is 11.2. The van der Waals surface area contributed by atoms with Crippen molar-refractivity contribution in [3.05, 3.63) is 44.7 Å². The molecule has 5 nitrogen and oxygen atoms in total. The number of hydrogen-bond donors (Lipinski definition) is 2. The number of nitrogens with zero attached hydrogens (tertiary/aromatic N) is 1. The third kappa shape index (κ3) is 3.12. The number of carbonyl (C=O) groups excluding carboxylic acids is 1. The maximum atomic E-state index is 12.6. The number of halogens is 2. The molecule has 7 heteroatoms. The van der Waals surface area contributed by atoms with Crippen LogP contribution in [0.15, 0.2) is 33.5 Å². The molecule has 0 aliphatic carbocycles. The second kappa shape index (κ2) is 6.60. The lowest BCUT2D eigenvalue weighted by atomic mass is 10.1. The fourth-order valence-electron chi connectivity index (χ4n) is 2.46. The maximum Gasteiger partial charge on any atom is 0.254 e. The van der Waals surface area contributed by atoms with Crippen molar-refractivity contribution in [1.29, 1.82) is 0 Å². The minimum Gasteiger partial charge on any atom is -0.336 e. The SMILES string of the molecule is Cl.O=C(c1cc(=O)[nH]c2c(Br)cccc12)N1CCNCC1. The highest BCUT2D eigenvalue weighted by Crippen LogP contribution is 2.24. The van der Waals surface area contributed by atoms with E-state index in [2.05, 4.69) is 26.2 Å². The number of aromatic nitrogens is 1. The third-order valence-corrected chi connectivity index (χ3v) is 4.12. The monoisotopic (exact) mass is 371 g/mol. The van der Waals surface area contributed by atoms with Gasteiger partial charge in [-0.25, -0.2) is 0 Å². The predicted molar refractivity (Wildman–Crippen MR) is 88.3 cm³/mol. The Balaban J connectivity index is 0.00000161. The molecular weight excluding hydrogens is 358 g/mol. The van der Waals surface area contributed by atoms with Crippen molar-refractivity contribution in [2.24, 2.45) is 0 Å². The number of pyridine rings is 1. The van der Waals surface area contributed by atoms with Crippen LogP contribution in [-0.4, -0.2) is 42.0 Å². The Morgan fingerprint density at radius 2 is 1.95 bits per heavy atom. The summed E-state index contributed by atoms with van der Waals surface area (Å²) in [6.45, 7) is 2.91. The molecular formula is C14H15BrClN3O2. The van der Waals surface area contributed by atoms with E-state index in [1.165, 1.54) is 6.07 Å². The Bertz CT molecular complexity index is 726. The number of rotatable bonds is 1. The number of carbonyl (C=O) groups is 1. The molecule has 2 N–H and O–H groups in total. The topological polar surface area (TPSA) is 65.2 Å². The van der Waals surface area contributed by atoms with Crippen LogP contribution in [0.2, 0.25) is 0 Å². The number of aromatic amines is 1. The lowest BCUT2D eigenvalue weighted by Gasteiger charge is -2.27. The van der Waals surface area contributed by atoms with Crippen LogP contribution in [-0.2, 0) is 0 Å². The van der Waals surface area contributed by atoms with Crippen LogP contribution >= 0.6 is 28.3 Å². The molecule has 1 aromatic heterocycles. The summed E-state index contributed by atoms with van der Waals surface area (Å²) in [6, 6.07) is 6.95. The summed E-state index contributed by atoms with van der Waals surface area (Å²) in [5.74, 6) is -0.0827. The smallest absolute Gasteiger partial charge is 0.254 e. The molecule has 0 spiro atoms. The van der Waals surface area contributed by atoms with Crippen molar-refractivity contribution >= 4 is 45.1 Å². The number of para-hydroxylation sites is 1. The van der Waals surface area contributed by atoms with Crippen LogP contribution in [0.25, 0.3) is 10.9 Å². The average Bonchev–Trinajstić information content (AvgIpc) is 2.48. The van der Waals surface area contributed by atoms with Gasteiger partial charge in [0.1, 0.15) is 0 Å². The van der Waals surface area contributed by atoms with Gasteiger partial charge >= 0.3 is 0 Å². The quantitative estimate of drug-likeness (QED) is 0.802. The number of piperazine rings is 1. The second-order valence-electron chi connectivity index (χ2n) is 4.75. The Morgan fingerprint density at radius 3 is 2.67 bits per heavy atom. The summed E-state index contributed by atoms with van der Waals surface area (Å²) in [7, 11) is 0. The first-order valence-corrected chi connectivity index (χ1v) is 7.27. The molecule has 1 fully saturated rings. The zero-order chi connectivity index (χ0) is 14.1. The van der Waals surface area contributed by atoms with E-state index in [4.69, 9.17) is 0 Å². The van der Waals surface area contributed by atoms with Crippen molar-refractivity contribution in [1.82, 2.24) is 15.2 Å². The van der Waals surface area contributed by atoms with Gasteiger partial charge in [0, 0.05) is 42.1 Å². The fourth-order valence-corrected chi connectivity index (χ4v) is 2.92. The molecule has 1 amide bonds. The van der Waals surface area contributed by atoms with Crippen LogP contribution in [0.4, 0.5) is 0 Å². The predicted octanol–water partition coefficient (Wildman–Crippen LogP) is 1.76. The Kier molecular flexibility index (Phi) is 5.03. The van der Waals surface area contributed by atoms with E-state index in [1.54, 1.807) is 4.90 Å². The number of fused-ring (bicyclic) bond motifs is 1. The summed E-state index contributed by atoms with van der Waals surface area (Å²) in [6.07, 6.45) is 0. The van der Waals surface area contributed by atoms with E-state index < -0.39 is 0 Å². The first kappa shape index (κ1) is 16.0. The summed E-state index contributed by atoms with van der Waals surface area (Å²) in [5, 5.41) is 3.98. The molecule has 2 heterocycles. The van der Waals surface area contributed by atoms with Crippen molar-refractivity contribution in [2.45, 2.75) is 0 Å². The summed E-state index contributed by atoms with van der Waals surface area (Å²) >= 11 is 3.41. The first-order chi connectivity index (χ1) is 9.66. The Hall–Kier alpha value is -1.37. The maximum absolute atomic E-state index is 12.6. The third-order valence-electron chi connectivity index (χ3n) is 3.46. The van der Waals surface area contributed by atoms with Gasteiger partial charge in [-0.15, -0.1) is 12.4 Å². The first-order valence-electron chi connectivity index (χ1n) is 6.48. The molecule has 112 valence electrons. The van der Waals surface area contributed by atoms with Gasteiger partial charge in [-0.05, 0) is 22.0 Å². The number of benzene rings is 1. The lowest BCUT2D eigenvalue weighted by Crippen LogP contribution is -2.46. The Labute approximate surface area is 136 Å². The number of H-pyrrole nitrogens is 1. The van der Waals surface area contributed by atoms with E-state index in [-0.39, 0.29) is 23.9 Å². The molecule has 21 heavy (non-hydrogen) atoms. The Morgan fingerprint density at radius 1 is 1.24 bits per heavy atom. The van der Waals surface area contributed by atoms with Gasteiger partial charge in [0.15, 0.2) is 0 Å². The van der Waals surface area contributed by atoms with E-state index in [9.17, 15) is 9.59 Å². The molecule has 0 radical (unpaired) electrons. The second-order valence-corrected chi connectivity index (χ2v) is 5.61. The van der Waals surface area contributed by atoms with Gasteiger partial charge in [-0.1, -0.05) is 12.1 Å². The van der Waals surface area contributed by atoms with E-state index in [0.717, 1.165) is 22.9 Å². The summed E-state index contributed by atoms with van der Waals surface area (Å²) < 4.78 is 0.780. The molecule has 0 atom stereocenters. The highest BCUT2D eigenvalue weighted by molar-refractivity contribution is 9.10. The number of amides is 1. The van der Waals surface area contributed by atoms with Crippen molar-refractivity contribution < 1.29 is 4.79 Å². The van der Waals surface area contributed by atoms with Crippen LogP contribution in [0.1, 0.15) is 10.4 Å². The van der Waals surface area contributed by atoms with E-state index in [0.29, 0.717) is 24.2 Å². The molecule has 3 rings (SSSR count). The molecule has 0 unspecified atom stereocenters. The van der Waals surface area contributed by atoms with E-state index >= 15 is 0 Å². The lowest BCUT2D eigenvalue weighted by molar-refractivity contribution is 0.0737. The fraction of sp³-hybridized carbons (Fsp3) is 0.286. The van der Waals surface area contributed by atoms with Crippen molar-refractivity contribution in [2.75, 3.05) is 26.2 Å². The van der Waals surface area contributed by atoms with Crippen LogP contribution in [0.5, 0.6) is 0 Å². The van der Waals surface area contributed by atoms with Gasteiger partial charge in [0.25, 0.3) is 5.91 Å². The van der Waals surface area contributed by atoms with Crippen molar-refractivity contribution in [3.8, 4) is 0 Å². The molecule has 1 aromatic carbocycles. The minimum atomic E-state index is -0.261. The molecule has 2 aromatic rings.